The van der Waals surface area contributed by atoms with Gasteiger partial charge in [-0.3, -0.25) is 4.79 Å². The van der Waals surface area contributed by atoms with Gasteiger partial charge in [0.25, 0.3) is 0 Å². The van der Waals surface area contributed by atoms with Gasteiger partial charge in [-0.05, 0) is 38.1 Å². The first kappa shape index (κ1) is 15.7. The van der Waals surface area contributed by atoms with Crippen molar-refractivity contribution in [1.29, 1.82) is 0 Å². The maximum absolute atomic E-state index is 11.8. The fourth-order valence-corrected chi connectivity index (χ4v) is 1.72. The molecule has 16 heavy (non-hydrogen) atoms. The molecule has 0 aliphatic heterocycles. The van der Waals surface area contributed by atoms with Crippen molar-refractivity contribution < 1.29 is 4.79 Å². The van der Waals surface area contributed by atoms with Crippen LogP contribution in [0.15, 0.2) is 0 Å². The van der Waals surface area contributed by atoms with Crippen molar-refractivity contribution in [3.05, 3.63) is 0 Å². The van der Waals surface area contributed by atoms with Gasteiger partial charge in [0, 0.05) is 13.1 Å². The maximum Gasteiger partial charge on any atom is 0.236 e. The summed E-state index contributed by atoms with van der Waals surface area (Å²) in [5.74, 6) is 1.11. The number of halogens is 1. The average Bonchev–Trinajstić information content (AvgIpc) is 3.01. The fraction of sp³-hybridized carbons (Fsp3) is 0.917. The van der Waals surface area contributed by atoms with Crippen molar-refractivity contribution in [2.75, 3.05) is 26.2 Å². The summed E-state index contributed by atoms with van der Waals surface area (Å²) in [6, 6.07) is 0. The number of nitrogens with one attached hydrogen (secondary N) is 1. The zero-order valence-corrected chi connectivity index (χ0v) is 11.3. The summed E-state index contributed by atoms with van der Waals surface area (Å²) in [6.45, 7) is 7.59. The molecule has 0 bridgehead atoms. The Morgan fingerprint density at radius 2 is 1.81 bits per heavy atom. The standard InChI is InChI=1S/C12H24N2O.ClH/c1-3-7-14(8-4-2)12(15)10-13-9-11-5-6-11;/h11,13H,3-10H2,1-2H3;1H. The van der Waals surface area contributed by atoms with Crippen molar-refractivity contribution >= 4 is 18.3 Å². The summed E-state index contributed by atoms with van der Waals surface area (Å²) in [6.07, 6.45) is 4.78. The first-order valence-corrected chi connectivity index (χ1v) is 6.26. The molecular formula is C12H25ClN2O. The predicted octanol–water partition coefficient (Wildman–Crippen LogP) is 2.06. The summed E-state index contributed by atoms with van der Waals surface area (Å²) in [7, 11) is 0. The number of rotatable bonds is 8. The topological polar surface area (TPSA) is 32.3 Å². The largest absolute Gasteiger partial charge is 0.342 e. The number of carbonyl (C=O) groups excluding carboxylic acids is 1. The molecule has 1 fully saturated rings. The molecule has 0 radical (unpaired) electrons. The van der Waals surface area contributed by atoms with Crippen molar-refractivity contribution in [3.63, 3.8) is 0 Å². The highest BCUT2D eigenvalue weighted by molar-refractivity contribution is 5.85. The zero-order chi connectivity index (χ0) is 11.1. The Hall–Kier alpha value is -0.280. The molecule has 0 spiro atoms. The number of hydrogen-bond donors (Lipinski definition) is 1. The van der Waals surface area contributed by atoms with Crippen LogP contribution in [0.2, 0.25) is 0 Å². The second-order valence-corrected chi connectivity index (χ2v) is 4.46. The number of hydrogen-bond acceptors (Lipinski definition) is 2. The van der Waals surface area contributed by atoms with Crippen LogP contribution in [0.4, 0.5) is 0 Å². The first-order valence-electron chi connectivity index (χ1n) is 6.26. The Morgan fingerprint density at radius 1 is 1.25 bits per heavy atom. The molecule has 3 nitrogen and oxygen atoms in total. The SMILES string of the molecule is CCCN(CCC)C(=O)CNCC1CC1.Cl. The molecule has 1 aliphatic carbocycles. The van der Waals surface area contributed by atoms with E-state index in [1.54, 1.807) is 0 Å². The summed E-state index contributed by atoms with van der Waals surface area (Å²) in [4.78, 5) is 13.8. The van der Waals surface area contributed by atoms with Crippen LogP contribution < -0.4 is 5.32 Å². The van der Waals surface area contributed by atoms with Gasteiger partial charge in [-0.2, -0.15) is 0 Å². The van der Waals surface area contributed by atoms with Crippen LogP contribution in [-0.2, 0) is 4.79 Å². The predicted molar refractivity (Wildman–Crippen MR) is 70.0 cm³/mol. The molecule has 0 unspecified atom stereocenters. The van der Waals surface area contributed by atoms with Gasteiger partial charge in [0.05, 0.1) is 6.54 Å². The second-order valence-electron chi connectivity index (χ2n) is 4.46. The molecule has 0 saturated heterocycles. The molecule has 96 valence electrons. The van der Waals surface area contributed by atoms with E-state index in [-0.39, 0.29) is 18.3 Å². The molecular weight excluding hydrogens is 224 g/mol. The van der Waals surface area contributed by atoms with Gasteiger partial charge in [-0.1, -0.05) is 13.8 Å². The van der Waals surface area contributed by atoms with Crippen molar-refractivity contribution in [1.82, 2.24) is 10.2 Å². The quantitative estimate of drug-likeness (QED) is 0.713. The van der Waals surface area contributed by atoms with Crippen LogP contribution in [0, 0.1) is 5.92 Å². The summed E-state index contributed by atoms with van der Waals surface area (Å²) >= 11 is 0. The molecule has 4 heteroatoms. The average molecular weight is 249 g/mol. The van der Waals surface area contributed by atoms with Gasteiger partial charge >= 0.3 is 0 Å². The molecule has 0 aromatic rings. The molecule has 1 rings (SSSR count). The zero-order valence-electron chi connectivity index (χ0n) is 10.5. The Balaban J connectivity index is 0.00000225. The van der Waals surface area contributed by atoms with Gasteiger partial charge in [0.1, 0.15) is 0 Å². The number of nitrogens with zero attached hydrogens (tertiary/aromatic N) is 1. The third kappa shape index (κ3) is 6.33. The highest BCUT2D eigenvalue weighted by atomic mass is 35.5. The molecule has 0 heterocycles. The monoisotopic (exact) mass is 248 g/mol. The van der Waals surface area contributed by atoms with Gasteiger partial charge < -0.3 is 10.2 Å². The summed E-state index contributed by atoms with van der Waals surface area (Å²) in [5.41, 5.74) is 0. The van der Waals surface area contributed by atoms with Gasteiger partial charge in [-0.15, -0.1) is 12.4 Å². The van der Waals surface area contributed by atoms with E-state index in [0.29, 0.717) is 6.54 Å². The Labute approximate surface area is 105 Å². The lowest BCUT2D eigenvalue weighted by Crippen LogP contribution is -2.39. The van der Waals surface area contributed by atoms with E-state index < -0.39 is 0 Å². The highest BCUT2D eigenvalue weighted by Gasteiger charge is 2.21. The van der Waals surface area contributed by atoms with Gasteiger partial charge in [0.2, 0.25) is 5.91 Å². The summed E-state index contributed by atoms with van der Waals surface area (Å²) < 4.78 is 0. The maximum atomic E-state index is 11.8. The fourth-order valence-electron chi connectivity index (χ4n) is 1.72. The van der Waals surface area contributed by atoms with Crippen LogP contribution >= 0.6 is 12.4 Å². The van der Waals surface area contributed by atoms with Crippen LogP contribution in [0.5, 0.6) is 0 Å². The van der Waals surface area contributed by atoms with E-state index in [1.165, 1.54) is 12.8 Å². The smallest absolute Gasteiger partial charge is 0.236 e. The van der Waals surface area contributed by atoms with E-state index in [1.807, 2.05) is 4.90 Å². The molecule has 1 aliphatic rings. The summed E-state index contributed by atoms with van der Waals surface area (Å²) in [5, 5.41) is 3.25. The molecule has 1 saturated carbocycles. The third-order valence-corrected chi connectivity index (χ3v) is 2.75. The van der Waals surface area contributed by atoms with Crippen LogP contribution in [0.3, 0.4) is 0 Å². The highest BCUT2D eigenvalue weighted by Crippen LogP contribution is 2.27. The van der Waals surface area contributed by atoms with E-state index in [4.69, 9.17) is 0 Å². The first-order chi connectivity index (χ1) is 7.27. The van der Waals surface area contributed by atoms with Crippen LogP contribution in [0.1, 0.15) is 39.5 Å². The van der Waals surface area contributed by atoms with E-state index >= 15 is 0 Å². The van der Waals surface area contributed by atoms with Gasteiger partial charge in [0.15, 0.2) is 0 Å². The Kier molecular flexibility index (Phi) is 8.67. The minimum atomic E-state index is 0. The second kappa shape index (κ2) is 8.82. The third-order valence-electron chi connectivity index (χ3n) is 2.75. The molecule has 0 atom stereocenters. The van der Waals surface area contributed by atoms with Gasteiger partial charge in [-0.25, -0.2) is 0 Å². The minimum absolute atomic E-state index is 0. The number of amides is 1. The van der Waals surface area contributed by atoms with Crippen molar-refractivity contribution in [2.45, 2.75) is 39.5 Å². The lowest BCUT2D eigenvalue weighted by Gasteiger charge is -2.21. The van der Waals surface area contributed by atoms with Crippen LogP contribution in [-0.4, -0.2) is 37.0 Å². The lowest BCUT2D eigenvalue weighted by atomic mass is 10.3. The molecule has 0 aromatic carbocycles. The lowest BCUT2D eigenvalue weighted by molar-refractivity contribution is -0.130. The molecule has 1 N–H and O–H groups in total. The van der Waals surface area contributed by atoms with Crippen molar-refractivity contribution in [2.24, 2.45) is 5.92 Å². The molecule has 1 amide bonds. The number of carbonyl (C=O) groups is 1. The minimum Gasteiger partial charge on any atom is -0.342 e. The Bertz CT molecular complexity index is 189. The van der Waals surface area contributed by atoms with Crippen molar-refractivity contribution in [3.8, 4) is 0 Å². The Morgan fingerprint density at radius 3 is 2.25 bits per heavy atom. The normalized spacial score (nSPS) is 14.4. The van der Waals surface area contributed by atoms with E-state index in [9.17, 15) is 4.79 Å². The van der Waals surface area contributed by atoms with E-state index in [2.05, 4.69) is 19.2 Å². The van der Waals surface area contributed by atoms with E-state index in [0.717, 1.165) is 38.4 Å². The van der Waals surface area contributed by atoms with Crippen LogP contribution in [0.25, 0.3) is 0 Å². The molecule has 0 aromatic heterocycles.